The lowest BCUT2D eigenvalue weighted by Gasteiger charge is -2.13. The second-order valence-corrected chi connectivity index (χ2v) is 6.73. The van der Waals surface area contributed by atoms with Crippen LogP contribution in [-0.4, -0.2) is 11.5 Å². The van der Waals surface area contributed by atoms with Gasteiger partial charge in [-0.15, -0.1) is 11.3 Å². The van der Waals surface area contributed by atoms with E-state index in [2.05, 4.69) is 43.4 Å². The quantitative estimate of drug-likeness (QED) is 0.919. The molecule has 1 aliphatic carbocycles. The molecule has 1 aromatic heterocycles. The molecule has 1 heterocycles. The third-order valence-electron chi connectivity index (χ3n) is 3.46. The number of thiazole rings is 1. The van der Waals surface area contributed by atoms with Crippen LogP contribution in [0.1, 0.15) is 29.3 Å². The molecule has 1 aromatic carbocycles. The summed E-state index contributed by atoms with van der Waals surface area (Å²) in [4.78, 5) is 6.30. The predicted octanol–water partition coefficient (Wildman–Crippen LogP) is 3.65. The minimum atomic E-state index is 0.690. The summed E-state index contributed by atoms with van der Waals surface area (Å²) in [6.45, 7) is 6.42. The molecule has 0 spiro atoms. The van der Waals surface area contributed by atoms with Crippen LogP contribution in [0.15, 0.2) is 24.3 Å². The van der Waals surface area contributed by atoms with E-state index in [0.29, 0.717) is 5.92 Å². The fourth-order valence-electron chi connectivity index (χ4n) is 2.54. The molecule has 19 heavy (non-hydrogen) atoms. The molecule has 0 saturated heterocycles. The fraction of sp³-hybridized carbons (Fsp3) is 0.438. The van der Waals surface area contributed by atoms with Crippen molar-refractivity contribution in [3.8, 4) is 11.3 Å². The third-order valence-corrected chi connectivity index (χ3v) is 4.58. The van der Waals surface area contributed by atoms with Crippen molar-refractivity contribution in [2.75, 3.05) is 6.54 Å². The highest BCUT2D eigenvalue weighted by molar-refractivity contribution is 7.12. The van der Waals surface area contributed by atoms with Gasteiger partial charge in [0.05, 0.1) is 5.69 Å². The van der Waals surface area contributed by atoms with Crippen molar-refractivity contribution in [1.29, 1.82) is 0 Å². The van der Waals surface area contributed by atoms with E-state index < -0.39 is 0 Å². The van der Waals surface area contributed by atoms with Crippen molar-refractivity contribution in [3.63, 3.8) is 0 Å². The summed E-state index contributed by atoms with van der Waals surface area (Å²) >= 11 is 1.88. The average Bonchev–Trinajstić information content (AvgIpc) is 2.81. The van der Waals surface area contributed by atoms with Gasteiger partial charge in [0, 0.05) is 17.0 Å². The van der Waals surface area contributed by atoms with E-state index in [0.717, 1.165) is 25.9 Å². The molecular formula is C16H20N2S. The highest BCUT2D eigenvalue weighted by Crippen LogP contribution is 2.36. The number of aryl methyl sites for hydroxylation is 2. The summed E-state index contributed by atoms with van der Waals surface area (Å²) in [5.74, 6) is 0.690. The summed E-state index contributed by atoms with van der Waals surface area (Å²) in [6, 6.07) is 8.68. The number of aromatic nitrogens is 1. The molecule has 0 radical (unpaired) electrons. The van der Waals surface area contributed by atoms with Gasteiger partial charge >= 0.3 is 0 Å². The van der Waals surface area contributed by atoms with Crippen molar-refractivity contribution in [2.45, 2.75) is 33.2 Å². The number of nitrogens with one attached hydrogen (secondary N) is 1. The molecule has 0 saturated carbocycles. The Hall–Kier alpha value is -1.19. The normalized spacial score (nSPS) is 13.4. The monoisotopic (exact) mass is 272 g/mol. The minimum absolute atomic E-state index is 0.690. The van der Waals surface area contributed by atoms with Crippen molar-refractivity contribution in [2.24, 2.45) is 5.92 Å². The van der Waals surface area contributed by atoms with Crippen molar-refractivity contribution in [3.05, 3.63) is 39.7 Å². The second-order valence-electron chi connectivity index (χ2n) is 5.56. The van der Waals surface area contributed by atoms with Crippen LogP contribution >= 0.6 is 11.3 Å². The van der Waals surface area contributed by atoms with Crippen molar-refractivity contribution in [1.82, 2.24) is 10.3 Å². The number of hydrogen-bond donors (Lipinski definition) is 1. The molecule has 3 heteroatoms. The molecule has 0 aliphatic heterocycles. The van der Waals surface area contributed by atoms with Crippen LogP contribution in [0.2, 0.25) is 0 Å². The summed E-state index contributed by atoms with van der Waals surface area (Å²) in [5, 5.41) is 4.71. The average molecular weight is 272 g/mol. The van der Waals surface area contributed by atoms with Crippen LogP contribution in [0.5, 0.6) is 0 Å². The molecule has 0 unspecified atom stereocenters. The first-order valence-corrected chi connectivity index (χ1v) is 7.83. The van der Waals surface area contributed by atoms with E-state index in [1.807, 2.05) is 11.3 Å². The molecule has 2 nitrogen and oxygen atoms in total. The molecule has 1 aliphatic rings. The molecule has 0 fully saturated rings. The maximum Gasteiger partial charge on any atom is 0.107 e. The number of hydrogen-bond acceptors (Lipinski definition) is 3. The smallest absolute Gasteiger partial charge is 0.107 e. The van der Waals surface area contributed by atoms with E-state index >= 15 is 0 Å². The number of rotatable bonds is 4. The van der Waals surface area contributed by atoms with Crippen molar-refractivity contribution >= 4 is 11.3 Å². The van der Waals surface area contributed by atoms with Crippen LogP contribution in [0.25, 0.3) is 11.3 Å². The zero-order chi connectivity index (χ0) is 13.2. The first-order chi connectivity index (χ1) is 9.24. The summed E-state index contributed by atoms with van der Waals surface area (Å²) in [7, 11) is 0. The Morgan fingerprint density at radius 3 is 2.95 bits per heavy atom. The zero-order valence-corrected chi connectivity index (χ0v) is 12.4. The highest BCUT2D eigenvalue weighted by Gasteiger charge is 2.19. The highest BCUT2D eigenvalue weighted by atomic mass is 32.1. The Balaban J connectivity index is 1.81. The second kappa shape index (κ2) is 5.43. The Morgan fingerprint density at radius 2 is 2.11 bits per heavy atom. The van der Waals surface area contributed by atoms with Gasteiger partial charge in [0.2, 0.25) is 0 Å². The lowest BCUT2D eigenvalue weighted by molar-refractivity contribution is 0.551. The fourth-order valence-corrected chi connectivity index (χ4v) is 3.59. The molecule has 2 aromatic rings. The number of fused-ring (bicyclic) bond motifs is 3. The molecule has 1 N–H and O–H groups in total. The maximum absolute atomic E-state index is 4.84. The minimum Gasteiger partial charge on any atom is -0.310 e. The molecular weight excluding hydrogens is 252 g/mol. The van der Waals surface area contributed by atoms with Gasteiger partial charge in [-0.05, 0) is 30.9 Å². The lowest BCUT2D eigenvalue weighted by Crippen LogP contribution is -2.18. The van der Waals surface area contributed by atoms with Crippen LogP contribution < -0.4 is 5.32 Å². The summed E-state index contributed by atoms with van der Waals surface area (Å²) < 4.78 is 0. The van der Waals surface area contributed by atoms with E-state index in [1.54, 1.807) is 0 Å². The third kappa shape index (κ3) is 2.72. The molecule has 100 valence electrons. The van der Waals surface area contributed by atoms with E-state index in [-0.39, 0.29) is 0 Å². The molecule has 0 atom stereocenters. The predicted molar refractivity (Wildman–Crippen MR) is 81.5 cm³/mol. The summed E-state index contributed by atoms with van der Waals surface area (Å²) in [5.41, 5.74) is 4.02. The molecule has 0 amide bonds. The number of nitrogens with zero attached hydrogens (tertiary/aromatic N) is 1. The van der Waals surface area contributed by atoms with Crippen LogP contribution in [-0.2, 0) is 19.4 Å². The Bertz CT molecular complexity index is 572. The van der Waals surface area contributed by atoms with Gasteiger partial charge in [0.15, 0.2) is 0 Å². The lowest BCUT2D eigenvalue weighted by atomic mass is 9.94. The van der Waals surface area contributed by atoms with Gasteiger partial charge < -0.3 is 5.32 Å². The van der Waals surface area contributed by atoms with Crippen LogP contribution in [0, 0.1) is 5.92 Å². The summed E-state index contributed by atoms with van der Waals surface area (Å²) in [6.07, 6.45) is 2.30. The van der Waals surface area contributed by atoms with E-state index in [4.69, 9.17) is 4.98 Å². The van der Waals surface area contributed by atoms with Crippen LogP contribution in [0.3, 0.4) is 0 Å². The topological polar surface area (TPSA) is 24.9 Å². The van der Waals surface area contributed by atoms with Gasteiger partial charge in [-0.25, -0.2) is 4.98 Å². The van der Waals surface area contributed by atoms with Gasteiger partial charge in [0.25, 0.3) is 0 Å². The Labute approximate surface area is 118 Å². The van der Waals surface area contributed by atoms with Gasteiger partial charge in [-0.1, -0.05) is 38.1 Å². The van der Waals surface area contributed by atoms with Crippen molar-refractivity contribution < 1.29 is 0 Å². The van der Waals surface area contributed by atoms with Crippen LogP contribution in [0.4, 0.5) is 0 Å². The van der Waals surface area contributed by atoms with Gasteiger partial charge in [0.1, 0.15) is 5.01 Å². The molecule has 0 bridgehead atoms. The van der Waals surface area contributed by atoms with Gasteiger partial charge in [-0.3, -0.25) is 0 Å². The molecule has 3 rings (SSSR count). The first kappa shape index (κ1) is 12.8. The van der Waals surface area contributed by atoms with E-state index in [9.17, 15) is 0 Å². The van der Waals surface area contributed by atoms with Gasteiger partial charge in [-0.2, -0.15) is 0 Å². The van der Waals surface area contributed by atoms with E-state index in [1.165, 1.54) is 26.7 Å². The SMILES string of the molecule is CC(C)CNCc1nc2c(s1)CCc1ccccc1-2. The number of benzene rings is 1. The Morgan fingerprint density at radius 1 is 1.26 bits per heavy atom. The largest absolute Gasteiger partial charge is 0.310 e. The zero-order valence-electron chi connectivity index (χ0n) is 11.6. The standard InChI is InChI=1S/C16H20N2S/c1-11(2)9-17-10-15-18-16-13-6-4-3-5-12(13)7-8-14(16)19-15/h3-6,11,17H,7-10H2,1-2H3. The first-order valence-electron chi connectivity index (χ1n) is 7.01. The Kier molecular flexibility index (Phi) is 3.67. The maximum atomic E-state index is 4.84.